The number of aryl methyl sites for hydroxylation is 1. The van der Waals surface area contributed by atoms with E-state index in [0.717, 1.165) is 23.2 Å². The number of hydrogen-bond donors (Lipinski definition) is 1. The molecule has 1 aliphatic rings. The van der Waals surface area contributed by atoms with Gasteiger partial charge in [-0.2, -0.15) is 0 Å². The lowest BCUT2D eigenvalue weighted by Crippen LogP contribution is -2.30. The van der Waals surface area contributed by atoms with E-state index in [2.05, 4.69) is 17.2 Å². The fraction of sp³-hybridized carbons (Fsp3) is 0.400. The molecule has 1 amide bonds. The van der Waals surface area contributed by atoms with Gasteiger partial charge in [0.1, 0.15) is 0 Å². The summed E-state index contributed by atoms with van der Waals surface area (Å²) in [4.78, 5) is 15.4. The molecule has 1 aliphatic heterocycles. The minimum absolute atomic E-state index is 0.112. The van der Waals surface area contributed by atoms with Gasteiger partial charge in [0, 0.05) is 18.4 Å². The fourth-order valence-electron chi connectivity index (χ4n) is 1.52. The third-order valence-electron chi connectivity index (χ3n) is 2.33. The van der Waals surface area contributed by atoms with Gasteiger partial charge in [0.25, 0.3) is 0 Å². The lowest BCUT2D eigenvalue weighted by atomic mass is 10.0. The summed E-state index contributed by atoms with van der Waals surface area (Å²) in [5, 5.41) is 2.80. The molecular formula is C10H12N2O. The first-order chi connectivity index (χ1) is 6.29. The third kappa shape index (κ3) is 1.54. The van der Waals surface area contributed by atoms with E-state index in [0.29, 0.717) is 13.0 Å². The van der Waals surface area contributed by atoms with Crippen LogP contribution >= 0.6 is 0 Å². The molecule has 1 N–H and O–H groups in total. The number of rotatable bonds is 1. The second-order valence-corrected chi connectivity index (χ2v) is 3.25. The van der Waals surface area contributed by atoms with Crippen LogP contribution in [0.1, 0.15) is 23.7 Å². The summed E-state index contributed by atoms with van der Waals surface area (Å²) in [5.74, 6) is 0.112. The van der Waals surface area contributed by atoms with Crippen LogP contribution in [-0.2, 0) is 24.2 Å². The van der Waals surface area contributed by atoms with E-state index >= 15 is 0 Å². The number of nitrogens with one attached hydrogen (secondary N) is 1. The summed E-state index contributed by atoms with van der Waals surface area (Å²) in [5.41, 5.74) is 3.35. The van der Waals surface area contributed by atoms with Crippen molar-refractivity contribution in [3.63, 3.8) is 0 Å². The second-order valence-electron chi connectivity index (χ2n) is 3.25. The van der Waals surface area contributed by atoms with Crippen molar-refractivity contribution in [2.75, 3.05) is 0 Å². The topological polar surface area (TPSA) is 42.0 Å². The number of nitrogens with zero attached hydrogens (tertiary/aromatic N) is 1. The maximum atomic E-state index is 11.1. The van der Waals surface area contributed by atoms with Gasteiger partial charge in [0.2, 0.25) is 5.91 Å². The molecule has 1 aromatic rings. The van der Waals surface area contributed by atoms with Crippen LogP contribution in [0.5, 0.6) is 0 Å². The molecule has 68 valence electrons. The van der Waals surface area contributed by atoms with E-state index in [1.165, 1.54) is 0 Å². The Labute approximate surface area is 77.2 Å². The van der Waals surface area contributed by atoms with E-state index in [4.69, 9.17) is 0 Å². The van der Waals surface area contributed by atoms with Crippen molar-refractivity contribution in [2.45, 2.75) is 26.3 Å². The summed E-state index contributed by atoms with van der Waals surface area (Å²) in [6.45, 7) is 2.70. The van der Waals surface area contributed by atoms with E-state index in [1.807, 2.05) is 12.3 Å². The summed E-state index contributed by atoms with van der Waals surface area (Å²) in [6.07, 6.45) is 3.30. The highest BCUT2D eigenvalue weighted by Gasteiger charge is 2.14. The zero-order valence-electron chi connectivity index (χ0n) is 7.63. The molecule has 0 spiro atoms. The standard InChI is InChI=1S/C10H12N2O/c1-2-9-3-7-4-10(13)12-6-8(7)5-11-9/h3,5H,2,4,6H2,1H3,(H,12,13). The zero-order valence-corrected chi connectivity index (χ0v) is 7.63. The first kappa shape index (κ1) is 8.23. The predicted molar refractivity (Wildman–Crippen MR) is 49.2 cm³/mol. The quantitative estimate of drug-likeness (QED) is 0.688. The predicted octanol–water partition coefficient (Wildman–Crippen LogP) is 0.816. The van der Waals surface area contributed by atoms with Crippen LogP contribution in [0.4, 0.5) is 0 Å². The minimum Gasteiger partial charge on any atom is -0.352 e. The lowest BCUT2D eigenvalue weighted by molar-refractivity contribution is -0.121. The molecule has 0 aliphatic carbocycles. The van der Waals surface area contributed by atoms with Gasteiger partial charge in [-0.25, -0.2) is 0 Å². The van der Waals surface area contributed by atoms with Crippen LogP contribution in [0, 0.1) is 0 Å². The van der Waals surface area contributed by atoms with Crippen molar-refractivity contribution >= 4 is 5.91 Å². The van der Waals surface area contributed by atoms with E-state index in [9.17, 15) is 4.79 Å². The van der Waals surface area contributed by atoms with Gasteiger partial charge in [0.05, 0.1) is 6.42 Å². The van der Waals surface area contributed by atoms with Crippen molar-refractivity contribution in [3.05, 3.63) is 29.1 Å². The average Bonchev–Trinajstić information content (AvgIpc) is 2.16. The fourth-order valence-corrected chi connectivity index (χ4v) is 1.52. The van der Waals surface area contributed by atoms with Gasteiger partial charge in [-0.15, -0.1) is 0 Å². The Hall–Kier alpha value is -1.38. The molecule has 2 rings (SSSR count). The minimum atomic E-state index is 0.112. The van der Waals surface area contributed by atoms with Crippen molar-refractivity contribution < 1.29 is 4.79 Å². The number of aromatic nitrogens is 1. The van der Waals surface area contributed by atoms with Crippen molar-refractivity contribution in [3.8, 4) is 0 Å². The summed E-state index contributed by atoms with van der Waals surface area (Å²) >= 11 is 0. The molecule has 13 heavy (non-hydrogen) atoms. The number of carbonyl (C=O) groups excluding carboxylic acids is 1. The molecular weight excluding hydrogens is 164 g/mol. The van der Waals surface area contributed by atoms with E-state index in [1.54, 1.807) is 0 Å². The Balaban J connectivity index is 2.38. The lowest BCUT2D eigenvalue weighted by Gasteiger charge is -2.16. The van der Waals surface area contributed by atoms with Crippen LogP contribution in [-0.4, -0.2) is 10.9 Å². The zero-order chi connectivity index (χ0) is 9.26. The van der Waals surface area contributed by atoms with E-state index in [-0.39, 0.29) is 5.91 Å². The summed E-state index contributed by atoms with van der Waals surface area (Å²) in [6, 6.07) is 2.04. The number of fused-ring (bicyclic) bond motifs is 1. The van der Waals surface area contributed by atoms with Gasteiger partial charge >= 0.3 is 0 Å². The first-order valence-electron chi connectivity index (χ1n) is 4.53. The first-order valence-corrected chi connectivity index (χ1v) is 4.53. The van der Waals surface area contributed by atoms with Gasteiger partial charge < -0.3 is 5.32 Å². The monoisotopic (exact) mass is 176 g/mol. The van der Waals surface area contributed by atoms with Crippen LogP contribution in [0.3, 0.4) is 0 Å². The molecule has 3 nitrogen and oxygen atoms in total. The van der Waals surface area contributed by atoms with Gasteiger partial charge in [-0.05, 0) is 23.6 Å². The maximum absolute atomic E-state index is 11.1. The average molecular weight is 176 g/mol. The Morgan fingerprint density at radius 1 is 1.54 bits per heavy atom. The van der Waals surface area contributed by atoms with E-state index < -0.39 is 0 Å². The van der Waals surface area contributed by atoms with Crippen LogP contribution in [0.15, 0.2) is 12.3 Å². The smallest absolute Gasteiger partial charge is 0.224 e. The number of pyridine rings is 1. The molecule has 0 radical (unpaired) electrons. The Bertz CT molecular complexity index is 347. The normalized spacial score (nSPS) is 15.0. The number of carbonyl (C=O) groups is 1. The highest BCUT2D eigenvalue weighted by atomic mass is 16.1. The van der Waals surface area contributed by atoms with Gasteiger partial charge in [-0.1, -0.05) is 6.92 Å². The molecule has 0 bridgehead atoms. The Kier molecular flexibility index (Phi) is 2.00. The number of amides is 1. The molecule has 1 aromatic heterocycles. The molecule has 3 heteroatoms. The maximum Gasteiger partial charge on any atom is 0.224 e. The molecule has 2 heterocycles. The van der Waals surface area contributed by atoms with Crippen molar-refractivity contribution in [2.24, 2.45) is 0 Å². The molecule has 0 atom stereocenters. The third-order valence-corrected chi connectivity index (χ3v) is 2.33. The second kappa shape index (κ2) is 3.17. The Morgan fingerprint density at radius 3 is 3.15 bits per heavy atom. The Morgan fingerprint density at radius 2 is 2.38 bits per heavy atom. The molecule has 0 aromatic carbocycles. The van der Waals surface area contributed by atoms with Gasteiger partial charge in [0.15, 0.2) is 0 Å². The molecule has 0 unspecified atom stereocenters. The highest BCUT2D eigenvalue weighted by molar-refractivity contribution is 5.80. The van der Waals surface area contributed by atoms with Crippen molar-refractivity contribution in [1.29, 1.82) is 0 Å². The van der Waals surface area contributed by atoms with Gasteiger partial charge in [-0.3, -0.25) is 9.78 Å². The SMILES string of the molecule is CCc1cc2c(cn1)CNC(=O)C2. The molecule has 0 saturated carbocycles. The van der Waals surface area contributed by atoms with Crippen LogP contribution in [0.25, 0.3) is 0 Å². The largest absolute Gasteiger partial charge is 0.352 e. The van der Waals surface area contributed by atoms with Crippen LogP contribution < -0.4 is 5.32 Å². The highest BCUT2D eigenvalue weighted by Crippen LogP contribution is 2.14. The van der Waals surface area contributed by atoms with Crippen LogP contribution in [0.2, 0.25) is 0 Å². The summed E-state index contributed by atoms with van der Waals surface area (Å²) in [7, 11) is 0. The van der Waals surface area contributed by atoms with Crippen molar-refractivity contribution in [1.82, 2.24) is 10.3 Å². The summed E-state index contributed by atoms with van der Waals surface area (Å²) < 4.78 is 0. The number of hydrogen-bond acceptors (Lipinski definition) is 2. The molecule has 0 fully saturated rings. The molecule has 0 saturated heterocycles.